The van der Waals surface area contributed by atoms with E-state index in [4.69, 9.17) is 4.74 Å². The van der Waals surface area contributed by atoms with Gasteiger partial charge in [-0.3, -0.25) is 0 Å². The minimum absolute atomic E-state index is 0.0156. The van der Waals surface area contributed by atoms with E-state index in [2.05, 4.69) is 533 Å². The summed E-state index contributed by atoms with van der Waals surface area (Å²) in [6, 6.07) is 32.7. The SMILES string of the molecule is CC(C)(C)C(C)(C)C(C)(C)C.CC(C)(C)C1(C(C)(C)C)CCCC1.CC(C)(C)N(c1ccccc1)C(C)(C)C.CC(C)(C)OC(C)(C)C.CC(C)(C)SC(C)(C)C.CC(C)(C)c1ccc(N(C(C)(C)C)C(C)(C)C)cc1.CC(C)C(C)C.Cc1cccc(C)c1N(C(C)(C)C)C(C)(C)C.Cc1cccc(C)c1N(C(C)(C)C)C(C)(C)C. The lowest BCUT2D eigenvalue weighted by Gasteiger charge is -2.52. The lowest BCUT2D eigenvalue weighted by molar-refractivity contribution is -0.102. The zero-order chi connectivity index (χ0) is 94.0. The molecule has 0 aromatic heterocycles. The Bertz CT molecular complexity index is 3070. The van der Waals surface area contributed by atoms with Gasteiger partial charge in [0, 0.05) is 76.6 Å². The Balaban J connectivity index is -0.000000618. The summed E-state index contributed by atoms with van der Waals surface area (Å²) >= 11 is 2.01. The van der Waals surface area contributed by atoms with Gasteiger partial charge in [-0.05, 0) is 350 Å². The summed E-state index contributed by atoms with van der Waals surface area (Å²) in [6.45, 7) is 138. The Morgan fingerprint density at radius 2 is 0.509 bits per heavy atom. The van der Waals surface area contributed by atoms with Crippen LogP contribution in [0.5, 0.6) is 0 Å². The van der Waals surface area contributed by atoms with E-state index in [1.54, 1.807) is 0 Å². The molecule has 0 radical (unpaired) electrons. The van der Waals surface area contributed by atoms with Crippen LogP contribution in [0.3, 0.4) is 0 Å². The number of rotatable bonds is 5. The highest BCUT2D eigenvalue weighted by Crippen LogP contribution is 2.61. The van der Waals surface area contributed by atoms with Crippen molar-refractivity contribution >= 4 is 34.5 Å². The van der Waals surface area contributed by atoms with Crippen LogP contribution >= 0.6 is 11.8 Å². The first kappa shape index (κ1) is 119. The van der Waals surface area contributed by atoms with Crippen LogP contribution in [0.1, 0.15) is 448 Å². The van der Waals surface area contributed by atoms with Gasteiger partial charge in [0.05, 0.1) is 11.2 Å². The molecule has 1 aliphatic carbocycles. The van der Waals surface area contributed by atoms with Crippen LogP contribution in [0.15, 0.2) is 91.0 Å². The lowest BCUT2D eigenvalue weighted by Crippen LogP contribution is -2.53. The van der Waals surface area contributed by atoms with Crippen molar-refractivity contribution in [2.45, 2.75) is 518 Å². The average molecular weight is 1630 g/mol. The fourth-order valence-corrected chi connectivity index (χ4v) is 19.3. The zero-order valence-electron chi connectivity index (χ0n) is 90.2. The van der Waals surface area contributed by atoms with Crippen LogP contribution in [0.2, 0.25) is 0 Å². The van der Waals surface area contributed by atoms with Gasteiger partial charge in [-0.2, -0.15) is 11.8 Å². The molecule has 0 bridgehead atoms. The molecule has 1 saturated carbocycles. The maximum absolute atomic E-state index is 5.62. The van der Waals surface area contributed by atoms with Gasteiger partial charge in [0.25, 0.3) is 0 Å². The molecule has 1 fully saturated rings. The zero-order valence-corrected chi connectivity index (χ0v) is 91.1. The number of benzene rings is 4. The van der Waals surface area contributed by atoms with Gasteiger partial charge in [-0.1, -0.05) is 267 Å². The number of nitrogens with zero attached hydrogens (tertiary/aromatic N) is 4. The van der Waals surface area contributed by atoms with Crippen molar-refractivity contribution in [2.24, 2.45) is 44.3 Å². The number of anilines is 4. The molecule has 0 amide bonds. The normalized spacial score (nSPS) is 14.4. The van der Waals surface area contributed by atoms with Crippen LogP contribution in [-0.2, 0) is 10.2 Å². The molecule has 5 rings (SSSR count). The highest BCUT2D eigenvalue weighted by atomic mass is 32.2. The van der Waals surface area contributed by atoms with E-state index in [0.29, 0.717) is 42.0 Å². The third kappa shape index (κ3) is 43.9. The van der Waals surface area contributed by atoms with Crippen LogP contribution < -0.4 is 19.6 Å². The van der Waals surface area contributed by atoms with E-state index in [1.165, 1.54) is 76.3 Å². The predicted octanol–water partition coefficient (Wildman–Crippen LogP) is 35.8. The fraction of sp³-hybridized carbons (Fsp3) is 0.782. The Morgan fingerprint density at radius 1 is 0.284 bits per heavy atom. The third-order valence-corrected chi connectivity index (χ3v) is 23.6. The Hall–Kier alpha value is -3.61. The van der Waals surface area contributed by atoms with Crippen molar-refractivity contribution in [3.05, 3.63) is 119 Å². The van der Waals surface area contributed by atoms with Crippen LogP contribution in [0.25, 0.3) is 0 Å². The number of thioether (sulfide) groups is 1. The summed E-state index contributed by atoms with van der Waals surface area (Å²) in [5, 5.41) is 0. The van der Waals surface area contributed by atoms with Crippen LogP contribution in [0, 0.1) is 72.0 Å². The second kappa shape index (κ2) is 43.6. The highest BCUT2D eigenvalue weighted by molar-refractivity contribution is 8.01. The molecule has 0 aliphatic heterocycles. The molecule has 0 heterocycles. The van der Waals surface area contributed by atoms with Crippen LogP contribution in [-0.4, -0.2) is 65.0 Å². The molecule has 0 spiro atoms. The van der Waals surface area contributed by atoms with Crippen LogP contribution in [0.4, 0.5) is 22.7 Å². The second-order valence-electron chi connectivity index (χ2n) is 52.4. The molecular weight excluding hydrogens is 1430 g/mol. The average Bonchev–Trinajstić information content (AvgIpc) is 1.54. The summed E-state index contributed by atoms with van der Waals surface area (Å²) in [7, 11) is 0. The minimum Gasteiger partial charge on any atom is -0.370 e. The minimum atomic E-state index is -0.0156. The van der Waals surface area contributed by atoms with Crippen molar-refractivity contribution in [1.29, 1.82) is 0 Å². The van der Waals surface area contributed by atoms with Crippen molar-refractivity contribution in [2.75, 3.05) is 19.6 Å². The first-order chi connectivity index (χ1) is 50.4. The Morgan fingerprint density at radius 3 is 0.647 bits per heavy atom. The van der Waals surface area contributed by atoms with E-state index >= 15 is 0 Å². The number of aryl methyl sites for hydroxylation is 4. The molecule has 4 aromatic carbocycles. The fourth-order valence-electron chi connectivity index (χ4n) is 17.5. The molecule has 0 N–H and O–H groups in total. The van der Waals surface area contributed by atoms with E-state index < -0.39 is 0 Å². The van der Waals surface area contributed by atoms with Gasteiger partial charge in [-0.15, -0.1) is 0 Å². The van der Waals surface area contributed by atoms with Crippen molar-refractivity contribution < 1.29 is 4.74 Å². The summed E-state index contributed by atoms with van der Waals surface area (Å²) in [6.07, 6.45) is 5.74. The molecule has 5 nitrogen and oxygen atoms in total. The summed E-state index contributed by atoms with van der Waals surface area (Å²) in [5.74, 6) is 1.70. The molecular formula is C110H208N4OS. The van der Waals surface area contributed by atoms with E-state index in [1.807, 2.05) is 11.8 Å². The van der Waals surface area contributed by atoms with Gasteiger partial charge in [0.1, 0.15) is 0 Å². The summed E-state index contributed by atoms with van der Waals surface area (Å²) in [5.41, 5.74) is 16.0. The highest BCUT2D eigenvalue weighted by Gasteiger charge is 2.51. The summed E-state index contributed by atoms with van der Waals surface area (Å²) in [4.78, 5) is 10.0. The number of ether oxygens (including phenoxy) is 1. The molecule has 0 atom stereocenters. The smallest absolute Gasteiger partial charge is 0.0605 e. The van der Waals surface area contributed by atoms with Gasteiger partial charge < -0.3 is 24.3 Å². The van der Waals surface area contributed by atoms with Gasteiger partial charge in [0.2, 0.25) is 0 Å². The van der Waals surface area contributed by atoms with Crippen molar-refractivity contribution in [1.82, 2.24) is 0 Å². The summed E-state index contributed by atoms with van der Waals surface area (Å²) < 4.78 is 6.43. The molecule has 4 aromatic rings. The molecule has 680 valence electrons. The maximum atomic E-state index is 5.62. The predicted molar refractivity (Wildman–Crippen MR) is 541 cm³/mol. The number of para-hydroxylation sites is 3. The molecule has 0 saturated heterocycles. The van der Waals surface area contributed by atoms with E-state index in [9.17, 15) is 0 Å². The standard InChI is InChI=1S/C18H31N.2C16H27N.C14H23N.C13H26.C11H24.C8H18O.C8H18S.C6H14/c1-16(2,3)14-10-12-15(13-11-14)19(17(4,5)6)18(7,8)9;2*1-12-10-9-11-13(2)14(12)17(15(3,4)5)16(6,7)8;1-13(2,3)15(14(4,5)6)12-10-8-7-9-11-12;1-11(2,3)13(12(4,5)6)9-7-8-10-13;1-9(2,3)11(7,8)10(4,5)6;2*1-7(2,3)9-8(4,5)6;1-5(2)6(3)4/h10-13H,1-9H3;2*9-11H,1-8H3;7-11H,1-6H3;7-10H2,1-6H3;1-8H3;2*1-6H3;5-6H,1-4H3. The van der Waals surface area contributed by atoms with Gasteiger partial charge in [0.15, 0.2) is 0 Å². The Kier molecular flexibility index (Phi) is 44.6. The number of hydrogen-bond acceptors (Lipinski definition) is 6. The van der Waals surface area contributed by atoms with Gasteiger partial charge >= 0.3 is 0 Å². The van der Waals surface area contributed by atoms with Crippen molar-refractivity contribution in [3.63, 3.8) is 0 Å². The molecule has 6 heteroatoms. The van der Waals surface area contributed by atoms with E-state index in [-0.39, 0.29) is 60.9 Å². The van der Waals surface area contributed by atoms with Crippen molar-refractivity contribution in [3.8, 4) is 0 Å². The lowest BCUT2D eigenvalue weighted by atomic mass is 9.53. The van der Waals surface area contributed by atoms with Gasteiger partial charge in [-0.25, -0.2) is 0 Å². The maximum Gasteiger partial charge on any atom is 0.0605 e. The first-order valence-corrected chi connectivity index (χ1v) is 46.1. The quantitative estimate of drug-likeness (QED) is 0.197. The second-order valence-corrected chi connectivity index (χ2v) is 55.0. The first-order valence-electron chi connectivity index (χ1n) is 45.3. The number of hydrogen-bond donors (Lipinski definition) is 0. The molecule has 116 heavy (non-hydrogen) atoms. The topological polar surface area (TPSA) is 22.2 Å². The largest absolute Gasteiger partial charge is 0.370 e. The third-order valence-electron chi connectivity index (χ3n) is 22.3. The Labute approximate surface area is 735 Å². The molecule has 0 unspecified atom stereocenters. The van der Waals surface area contributed by atoms with E-state index in [0.717, 1.165) is 11.8 Å². The monoisotopic (exact) mass is 1630 g/mol. The molecule has 1 aliphatic rings.